The van der Waals surface area contributed by atoms with Gasteiger partial charge < -0.3 is 4.74 Å². The number of Topliss-reactive ketones (excluding diaryl/α,β-unsaturated/α-hetero) is 1. The molecule has 3 aromatic carbocycles. The van der Waals surface area contributed by atoms with Crippen molar-refractivity contribution in [2.24, 2.45) is 0 Å². The summed E-state index contributed by atoms with van der Waals surface area (Å²) in [4.78, 5) is 38.9. The molecule has 0 saturated carbocycles. The van der Waals surface area contributed by atoms with Gasteiger partial charge in [-0.15, -0.1) is 0 Å². The fourth-order valence-electron chi connectivity index (χ4n) is 3.14. The largest absolute Gasteiger partial charge is 0.488 e. The molecule has 4 rings (SSSR count). The number of rotatable bonds is 7. The molecule has 0 aliphatic carbocycles. The number of ketones is 1. The van der Waals surface area contributed by atoms with E-state index in [1.807, 2.05) is 30.3 Å². The van der Waals surface area contributed by atoms with Gasteiger partial charge in [0.25, 0.3) is 11.1 Å². The molecule has 0 bridgehead atoms. The quantitative estimate of drug-likeness (QED) is 0.325. The molecule has 5 nitrogen and oxygen atoms in total. The summed E-state index contributed by atoms with van der Waals surface area (Å²) < 4.78 is 5.92. The molecule has 0 spiro atoms. The Morgan fingerprint density at radius 2 is 1.62 bits per heavy atom. The van der Waals surface area contributed by atoms with Gasteiger partial charge in [-0.2, -0.15) is 0 Å². The minimum atomic E-state index is -0.495. The number of hydrogen-bond acceptors (Lipinski definition) is 5. The van der Waals surface area contributed by atoms with Crippen molar-refractivity contribution in [3.63, 3.8) is 0 Å². The Hall–Kier alpha value is -3.35. The van der Waals surface area contributed by atoms with Gasteiger partial charge in [0, 0.05) is 21.7 Å². The van der Waals surface area contributed by atoms with Crippen molar-refractivity contribution in [1.29, 1.82) is 0 Å². The number of halogens is 1. The molecule has 1 heterocycles. The zero-order chi connectivity index (χ0) is 22.5. The van der Waals surface area contributed by atoms with E-state index in [1.54, 1.807) is 54.6 Å². The number of imide groups is 1. The summed E-state index contributed by atoms with van der Waals surface area (Å²) in [5.41, 5.74) is 1.94. The SMILES string of the molecule is O=C(CN1C(=O)S/C(=C/c2ccccc2OCc2ccccc2Cl)C1=O)c1ccccc1. The molecule has 3 aromatic rings. The molecule has 0 atom stereocenters. The standard InChI is InChI=1S/C25H18ClNO4S/c26-20-12-6-4-11-19(20)16-31-22-13-7-5-10-18(22)14-23-24(29)27(25(30)32-23)15-21(28)17-8-2-1-3-9-17/h1-14H,15-16H2/b23-14+. The first-order valence-electron chi connectivity index (χ1n) is 9.82. The maximum absolute atomic E-state index is 12.8. The highest BCUT2D eigenvalue weighted by atomic mass is 35.5. The molecule has 1 aliphatic rings. The first kappa shape index (κ1) is 21.9. The molecule has 0 unspecified atom stereocenters. The second-order valence-electron chi connectivity index (χ2n) is 6.97. The van der Waals surface area contributed by atoms with Gasteiger partial charge in [0.1, 0.15) is 12.4 Å². The van der Waals surface area contributed by atoms with Gasteiger partial charge in [0.15, 0.2) is 5.78 Å². The van der Waals surface area contributed by atoms with Crippen LogP contribution in [0.2, 0.25) is 5.02 Å². The Labute approximate surface area is 194 Å². The van der Waals surface area contributed by atoms with Gasteiger partial charge in [0.05, 0.1) is 11.4 Å². The molecule has 2 amide bonds. The zero-order valence-electron chi connectivity index (χ0n) is 16.9. The number of ether oxygens (including phenoxy) is 1. The summed E-state index contributed by atoms with van der Waals surface area (Å²) in [7, 11) is 0. The van der Waals surface area contributed by atoms with Crippen LogP contribution in [-0.4, -0.2) is 28.4 Å². The second-order valence-corrected chi connectivity index (χ2v) is 8.38. The zero-order valence-corrected chi connectivity index (χ0v) is 18.4. The van der Waals surface area contributed by atoms with E-state index in [4.69, 9.17) is 16.3 Å². The van der Waals surface area contributed by atoms with Crippen LogP contribution < -0.4 is 4.74 Å². The van der Waals surface area contributed by atoms with E-state index in [1.165, 1.54) is 0 Å². The lowest BCUT2D eigenvalue weighted by molar-refractivity contribution is -0.122. The number of thioether (sulfide) groups is 1. The van der Waals surface area contributed by atoms with Gasteiger partial charge in [-0.25, -0.2) is 0 Å². The molecule has 0 N–H and O–H groups in total. The van der Waals surface area contributed by atoms with Gasteiger partial charge in [-0.3, -0.25) is 19.3 Å². The number of carbonyl (C=O) groups excluding carboxylic acids is 3. The number of para-hydroxylation sites is 1. The molecule has 0 radical (unpaired) electrons. The van der Waals surface area contributed by atoms with Crippen LogP contribution >= 0.6 is 23.4 Å². The van der Waals surface area contributed by atoms with E-state index in [-0.39, 0.29) is 23.8 Å². The number of benzene rings is 3. The van der Waals surface area contributed by atoms with Crippen molar-refractivity contribution in [2.75, 3.05) is 6.54 Å². The smallest absolute Gasteiger partial charge is 0.293 e. The van der Waals surface area contributed by atoms with E-state index in [0.29, 0.717) is 21.9 Å². The van der Waals surface area contributed by atoms with E-state index >= 15 is 0 Å². The van der Waals surface area contributed by atoms with Crippen molar-refractivity contribution < 1.29 is 19.1 Å². The third kappa shape index (κ3) is 4.93. The second kappa shape index (κ2) is 9.85. The molecule has 0 aromatic heterocycles. The van der Waals surface area contributed by atoms with Gasteiger partial charge in [-0.05, 0) is 30.0 Å². The van der Waals surface area contributed by atoms with Crippen LogP contribution in [0.15, 0.2) is 83.8 Å². The summed E-state index contributed by atoms with van der Waals surface area (Å²) in [5, 5.41) is 0.134. The maximum atomic E-state index is 12.8. The molecule has 1 saturated heterocycles. The highest BCUT2D eigenvalue weighted by Gasteiger charge is 2.36. The minimum absolute atomic E-state index is 0.240. The molecule has 160 valence electrons. The van der Waals surface area contributed by atoms with Gasteiger partial charge in [-0.1, -0.05) is 78.3 Å². The van der Waals surface area contributed by atoms with E-state index in [9.17, 15) is 14.4 Å². The average molecular weight is 464 g/mol. The third-order valence-electron chi connectivity index (χ3n) is 4.82. The number of nitrogens with zero attached hydrogens (tertiary/aromatic N) is 1. The van der Waals surface area contributed by atoms with Crippen LogP contribution in [0, 0.1) is 0 Å². The Morgan fingerprint density at radius 3 is 2.41 bits per heavy atom. The summed E-state index contributed by atoms with van der Waals surface area (Å²) in [6.07, 6.45) is 1.61. The van der Waals surface area contributed by atoms with E-state index in [2.05, 4.69) is 0 Å². The topological polar surface area (TPSA) is 63.7 Å². The molecule has 1 fully saturated rings. The van der Waals surface area contributed by atoms with Crippen molar-refractivity contribution >= 4 is 46.4 Å². The summed E-state index contributed by atoms with van der Waals surface area (Å²) in [6.45, 7) is -0.0335. The minimum Gasteiger partial charge on any atom is -0.488 e. The number of hydrogen-bond donors (Lipinski definition) is 0. The van der Waals surface area contributed by atoms with Crippen LogP contribution in [0.5, 0.6) is 5.75 Å². The molecular weight excluding hydrogens is 446 g/mol. The van der Waals surface area contributed by atoms with Gasteiger partial charge >= 0.3 is 0 Å². The maximum Gasteiger partial charge on any atom is 0.293 e. The summed E-state index contributed by atoms with van der Waals surface area (Å²) in [6, 6.07) is 23.2. The van der Waals surface area contributed by atoms with Crippen molar-refractivity contribution in [2.45, 2.75) is 6.61 Å². The van der Waals surface area contributed by atoms with Crippen LogP contribution in [0.3, 0.4) is 0 Å². The van der Waals surface area contributed by atoms with E-state index < -0.39 is 11.1 Å². The summed E-state index contributed by atoms with van der Waals surface area (Å²) in [5.74, 6) is -0.234. The van der Waals surface area contributed by atoms with Crippen LogP contribution in [-0.2, 0) is 11.4 Å². The highest BCUT2D eigenvalue weighted by molar-refractivity contribution is 8.18. The summed E-state index contributed by atoms with van der Waals surface area (Å²) >= 11 is 7.00. The Balaban J connectivity index is 1.50. The van der Waals surface area contributed by atoms with Crippen LogP contribution in [0.1, 0.15) is 21.5 Å². The van der Waals surface area contributed by atoms with Crippen LogP contribution in [0.4, 0.5) is 4.79 Å². The van der Waals surface area contributed by atoms with Crippen molar-refractivity contribution in [1.82, 2.24) is 4.90 Å². The fraction of sp³-hybridized carbons (Fsp3) is 0.0800. The number of amides is 2. The molecule has 32 heavy (non-hydrogen) atoms. The first-order chi connectivity index (χ1) is 15.5. The Morgan fingerprint density at radius 1 is 0.938 bits per heavy atom. The first-order valence-corrected chi connectivity index (χ1v) is 11.0. The molecule has 7 heteroatoms. The monoisotopic (exact) mass is 463 g/mol. The van der Waals surface area contributed by atoms with Gasteiger partial charge in [0.2, 0.25) is 0 Å². The predicted octanol–water partition coefficient (Wildman–Crippen LogP) is 5.84. The Kier molecular flexibility index (Phi) is 6.73. The van der Waals surface area contributed by atoms with E-state index in [0.717, 1.165) is 22.2 Å². The average Bonchev–Trinajstić information content (AvgIpc) is 3.07. The number of carbonyl (C=O) groups is 3. The lowest BCUT2D eigenvalue weighted by Gasteiger charge is -2.12. The molecule has 1 aliphatic heterocycles. The third-order valence-corrected chi connectivity index (χ3v) is 6.09. The lowest BCUT2D eigenvalue weighted by Crippen LogP contribution is -2.33. The molecular formula is C25H18ClNO4S. The normalized spacial score (nSPS) is 14.8. The Bertz CT molecular complexity index is 1210. The fourth-order valence-corrected chi connectivity index (χ4v) is 4.16. The lowest BCUT2D eigenvalue weighted by atomic mass is 10.1. The van der Waals surface area contributed by atoms with Crippen LogP contribution in [0.25, 0.3) is 6.08 Å². The van der Waals surface area contributed by atoms with Crippen molar-refractivity contribution in [3.05, 3.63) is 105 Å². The van der Waals surface area contributed by atoms with Crippen molar-refractivity contribution in [3.8, 4) is 5.75 Å². The predicted molar refractivity (Wildman–Crippen MR) is 126 cm³/mol. The highest BCUT2D eigenvalue weighted by Crippen LogP contribution is 2.34.